The van der Waals surface area contributed by atoms with Crippen molar-refractivity contribution in [2.75, 3.05) is 21.3 Å². The molecule has 1 aromatic heterocycles. The topological polar surface area (TPSA) is 87.0 Å². The molecule has 0 aliphatic heterocycles. The minimum Gasteiger partial charge on any atom is -0.497 e. The highest BCUT2D eigenvalue weighted by molar-refractivity contribution is 5.89. The molecule has 1 heterocycles. The van der Waals surface area contributed by atoms with E-state index in [4.69, 9.17) is 18.6 Å². The van der Waals surface area contributed by atoms with Crippen molar-refractivity contribution in [3.05, 3.63) is 63.0 Å². The number of aryl methyl sites for hydroxylation is 2. The van der Waals surface area contributed by atoms with Gasteiger partial charge in [0, 0.05) is 18.2 Å². The Labute approximate surface area is 174 Å². The predicted molar refractivity (Wildman–Crippen MR) is 114 cm³/mol. The number of carbonyl (C=O) groups is 1. The fourth-order valence-electron chi connectivity index (χ4n) is 3.42. The number of fused-ring (bicyclic) bond motifs is 1. The molecule has 1 N–H and O–H groups in total. The van der Waals surface area contributed by atoms with Gasteiger partial charge in [-0.05, 0) is 49.2 Å². The molecule has 0 aliphatic rings. The summed E-state index contributed by atoms with van der Waals surface area (Å²) >= 11 is 0. The second-order valence-corrected chi connectivity index (χ2v) is 6.96. The lowest BCUT2D eigenvalue weighted by atomic mass is 10.0. The molecule has 158 valence electrons. The number of nitrogens with one attached hydrogen (secondary N) is 1. The zero-order chi connectivity index (χ0) is 21.8. The summed E-state index contributed by atoms with van der Waals surface area (Å²) in [6.45, 7) is 3.95. The van der Waals surface area contributed by atoms with E-state index in [1.807, 2.05) is 19.1 Å². The molecule has 0 fully saturated rings. The standard InChI is InChI=1S/C23H25NO6/c1-13-8-19(29-5)22-14(2)17(23(26)30-20(22)9-13)11-21(25)24-12-15-6-7-16(27-3)10-18(15)28-4/h6-10H,11-12H2,1-5H3,(H,24,25). The summed E-state index contributed by atoms with van der Waals surface area (Å²) in [6.07, 6.45) is -0.0976. The predicted octanol–water partition coefficient (Wildman–Crippen LogP) is 3.29. The van der Waals surface area contributed by atoms with Crippen LogP contribution in [0.15, 0.2) is 39.5 Å². The molecule has 7 heteroatoms. The first-order valence-corrected chi connectivity index (χ1v) is 9.46. The maximum Gasteiger partial charge on any atom is 0.340 e. The summed E-state index contributed by atoms with van der Waals surface area (Å²) in [5, 5.41) is 3.52. The summed E-state index contributed by atoms with van der Waals surface area (Å²) < 4.78 is 21.5. The lowest BCUT2D eigenvalue weighted by molar-refractivity contribution is -0.120. The number of amides is 1. The van der Waals surface area contributed by atoms with Crippen molar-refractivity contribution in [1.29, 1.82) is 0 Å². The SMILES string of the molecule is COc1ccc(CNC(=O)Cc2c(C)c3c(OC)cc(C)cc3oc2=O)c(OC)c1. The van der Waals surface area contributed by atoms with E-state index in [9.17, 15) is 9.59 Å². The van der Waals surface area contributed by atoms with Crippen molar-refractivity contribution in [3.63, 3.8) is 0 Å². The quantitative estimate of drug-likeness (QED) is 0.601. The van der Waals surface area contributed by atoms with E-state index in [1.54, 1.807) is 46.5 Å². The number of rotatable bonds is 7. The summed E-state index contributed by atoms with van der Waals surface area (Å²) in [6, 6.07) is 9.01. The molecule has 0 saturated heterocycles. The lowest BCUT2D eigenvalue weighted by Crippen LogP contribution is -2.27. The highest BCUT2D eigenvalue weighted by atomic mass is 16.5. The molecule has 0 atom stereocenters. The fraction of sp³-hybridized carbons (Fsp3) is 0.304. The van der Waals surface area contributed by atoms with Crippen LogP contribution in [0.5, 0.6) is 17.2 Å². The first-order chi connectivity index (χ1) is 14.4. The third-order valence-electron chi connectivity index (χ3n) is 5.01. The molecule has 7 nitrogen and oxygen atoms in total. The van der Waals surface area contributed by atoms with Crippen LogP contribution >= 0.6 is 0 Å². The molecular weight excluding hydrogens is 386 g/mol. The van der Waals surface area contributed by atoms with E-state index >= 15 is 0 Å². The number of hydrogen-bond acceptors (Lipinski definition) is 6. The van der Waals surface area contributed by atoms with Gasteiger partial charge in [-0.3, -0.25) is 4.79 Å². The molecule has 1 amide bonds. The van der Waals surface area contributed by atoms with Crippen LogP contribution in [0.25, 0.3) is 11.0 Å². The number of hydrogen-bond donors (Lipinski definition) is 1. The van der Waals surface area contributed by atoms with Gasteiger partial charge in [0.15, 0.2) is 0 Å². The van der Waals surface area contributed by atoms with Gasteiger partial charge < -0.3 is 23.9 Å². The largest absolute Gasteiger partial charge is 0.497 e. The Hall–Kier alpha value is -3.48. The normalized spacial score (nSPS) is 10.7. The van der Waals surface area contributed by atoms with Crippen molar-refractivity contribution in [3.8, 4) is 17.2 Å². The smallest absolute Gasteiger partial charge is 0.340 e. The van der Waals surface area contributed by atoms with Gasteiger partial charge in [0.2, 0.25) is 5.91 Å². The Balaban J connectivity index is 1.83. The highest BCUT2D eigenvalue weighted by Gasteiger charge is 2.18. The molecule has 2 aromatic carbocycles. The molecule has 0 saturated carbocycles. The lowest BCUT2D eigenvalue weighted by Gasteiger charge is -2.13. The minimum atomic E-state index is -0.523. The maximum absolute atomic E-state index is 12.6. The molecule has 0 bridgehead atoms. The van der Waals surface area contributed by atoms with Gasteiger partial charge in [-0.1, -0.05) is 0 Å². The van der Waals surface area contributed by atoms with Gasteiger partial charge in [-0.25, -0.2) is 4.79 Å². The van der Waals surface area contributed by atoms with Crippen molar-refractivity contribution < 1.29 is 23.4 Å². The van der Waals surface area contributed by atoms with E-state index in [-0.39, 0.29) is 18.9 Å². The van der Waals surface area contributed by atoms with Crippen LogP contribution in [-0.2, 0) is 17.8 Å². The summed E-state index contributed by atoms with van der Waals surface area (Å²) in [5.74, 6) is 1.58. The summed E-state index contributed by atoms with van der Waals surface area (Å²) in [7, 11) is 4.69. The third kappa shape index (κ3) is 4.25. The van der Waals surface area contributed by atoms with Gasteiger partial charge in [-0.15, -0.1) is 0 Å². The van der Waals surface area contributed by atoms with Gasteiger partial charge in [-0.2, -0.15) is 0 Å². The van der Waals surface area contributed by atoms with E-state index in [0.29, 0.717) is 39.3 Å². The first-order valence-electron chi connectivity index (χ1n) is 9.46. The second-order valence-electron chi connectivity index (χ2n) is 6.96. The molecular formula is C23H25NO6. The monoisotopic (exact) mass is 411 g/mol. The Kier molecular flexibility index (Phi) is 6.30. The first kappa shape index (κ1) is 21.2. The van der Waals surface area contributed by atoms with E-state index in [1.165, 1.54) is 0 Å². The van der Waals surface area contributed by atoms with Gasteiger partial charge in [0.05, 0.1) is 38.7 Å². The number of benzene rings is 2. The molecule has 3 rings (SSSR count). The van der Waals surface area contributed by atoms with Gasteiger partial charge in [0.1, 0.15) is 22.8 Å². The van der Waals surface area contributed by atoms with Crippen LogP contribution in [0.2, 0.25) is 0 Å². The van der Waals surface area contributed by atoms with Crippen molar-refractivity contribution in [2.45, 2.75) is 26.8 Å². The summed E-state index contributed by atoms with van der Waals surface area (Å²) in [4.78, 5) is 25.1. The van der Waals surface area contributed by atoms with Crippen LogP contribution in [0.3, 0.4) is 0 Å². The molecule has 0 unspecified atom stereocenters. The zero-order valence-electron chi connectivity index (χ0n) is 17.8. The van der Waals surface area contributed by atoms with E-state index in [2.05, 4.69) is 5.32 Å². The number of carbonyl (C=O) groups excluding carboxylic acids is 1. The van der Waals surface area contributed by atoms with Crippen molar-refractivity contribution >= 4 is 16.9 Å². The molecule has 30 heavy (non-hydrogen) atoms. The van der Waals surface area contributed by atoms with Crippen LogP contribution in [-0.4, -0.2) is 27.2 Å². The molecule has 3 aromatic rings. The number of methoxy groups -OCH3 is 3. The van der Waals surface area contributed by atoms with Crippen LogP contribution in [0.1, 0.15) is 22.3 Å². The Morgan fingerprint density at radius 1 is 1.00 bits per heavy atom. The van der Waals surface area contributed by atoms with E-state index in [0.717, 1.165) is 11.1 Å². The fourth-order valence-corrected chi connectivity index (χ4v) is 3.42. The van der Waals surface area contributed by atoms with Crippen molar-refractivity contribution in [1.82, 2.24) is 5.32 Å². The summed E-state index contributed by atoms with van der Waals surface area (Å²) in [5.41, 5.74) is 2.62. The molecule has 0 aliphatic carbocycles. The molecule has 0 radical (unpaired) electrons. The van der Waals surface area contributed by atoms with Gasteiger partial charge in [0.25, 0.3) is 0 Å². The van der Waals surface area contributed by atoms with Crippen LogP contribution in [0.4, 0.5) is 0 Å². The Morgan fingerprint density at radius 2 is 1.73 bits per heavy atom. The Bertz CT molecular complexity index is 1150. The average molecular weight is 411 g/mol. The van der Waals surface area contributed by atoms with Crippen LogP contribution in [0, 0.1) is 13.8 Å². The highest BCUT2D eigenvalue weighted by Crippen LogP contribution is 2.31. The Morgan fingerprint density at radius 3 is 2.40 bits per heavy atom. The number of ether oxygens (including phenoxy) is 3. The molecule has 0 spiro atoms. The second kappa shape index (κ2) is 8.90. The zero-order valence-corrected chi connectivity index (χ0v) is 17.8. The van der Waals surface area contributed by atoms with E-state index < -0.39 is 5.63 Å². The van der Waals surface area contributed by atoms with Gasteiger partial charge >= 0.3 is 5.63 Å². The minimum absolute atomic E-state index is 0.0976. The third-order valence-corrected chi connectivity index (χ3v) is 5.01. The van der Waals surface area contributed by atoms with Crippen LogP contribution < -0.4 is 25.2 Å². The maximum atomic E-state index is 12.6. The van der Waals surface area contributed by atoms with Crippen molar-refractivity contribution in [2.24, 2.45) is 0 Å². The average Bonchev–Trinajstić information content (AvgIpc) is 2.74.